The van der Waals surface area contributed by atoms with E-state index in [4.69, 9.17) is 15.2 Å². The first-order chi connectivity index (χ1) is 19.4. The molecule has 0 unspecified atom stereocenters. The van der Waals surface area contributed by atoms with Gasteiger partial charge < -0.3 is 24.8 Å². The van der Waals surface area contributed by atoms with E-state index < -0.39 is 0 Å². The number of rotatable bonds is 8. The maximum absolute atomic E-state index is 14.0. The van der Waals surface area contributed by atoms with Crippen LogP contribution in [0.3, 0.4) is 0 Å². The van der Waals surface area contributed by atoms with Crippen LogP contribution in [0.15, 0.2) is 85.2 Å². The number of aryl methyl sites for hydroxylation is 1. The Morgan fingerprint density at radius 3 is 2.52 bits per heavy atom. The number of anilines is 1. The molecule has 0 aliphatic heterocycles. The standard InChI is InChI=1S/C31H28N6O3/c1-19-34-27-12-9-23(15-28(27)35-19)37-31(32)26(16-33-37)30(38)29-14-22(21-5-4-6-25(13-21)40-3)18-36(29)17-20-7-10-24(39-2)11-8-20/h4-16,18H,17,32H2,1-3H3,(H,34,35). The summed E-state index contributed by atoms with van der Waals surface area (Å²) in [5.74, 6) is 2.38. The molecule has 6 aromatic rings. The Labute approximate surface area is 230 Å². The van der Waals surface area contributed by atoms with Crippen molar-refractivity contribution in [1.82, 2.24) is 24.3 Å². The van der Waals surface area contributed by atoms with Crippen molar-refractivity contribution in [3.63, 3.8) is 0 Å². The Morgan fingerprint density at radius 1 is 0.950 bits per heavy atom. The minimum atomic E-state index is -0.218. The van der Waals surface area contributed by atoms with Gasteiger partial charge in [0.05, 0.1) is 48.4 Å². The van der Waals surface area contributed by atoms with Crippen LogP contribution in [-0.2, 0) is 6.54 Å². The molecule has 0 spiro atoms. The fourth-order valence-electron chi connectivity index (χ4n) is 4.85. The van der Waals surface area contributed by atoms with Gasteiger partial charge in [-0.1, -0.05) is 24.3 Å². The molecule has 0 saturated carbocycles. The summed E-state index contributed by atoms with van der Waals surface area (Å²) in [6.07, 6.45) is 3.50. The van der Waals surface area contributed by atoms with E-state index in [1.165, 1.54) is 6.20 Å². The highest BCUT2D eigenvalue weighted by atomic mass is 16.5. The summed E-state index contributed by atoms with van der Waals surface area (Å²) in [5.41, 5.74) is 12.7. The molecule has 0 atom stereocenters. The predicted octanol–water partition coefficient (Wildman–Crippen LogP) is 5.40. The Bertz CT molecular complexity index is 1850. The zero-order chi connectivity index (χ0) is 27.8. The number of imidazole rings is 1. The molecule has 9 heteroatoms. The molecule has 0 radical (unpaired) electrons. The van der Waals surface area contributed by atoms with Crippen LogP contribution in [0, 0.1) is 6.92 Å². The largest absolute Gasteiger partial charge is 0.497 e. The number of carbonyl (C=O) groups is 1. The number of nitrogen functional groups attached to an aromatic ring is 1. The van der Waals surface area contributed by atoms with E-state index in [1.807, 2.05) is 90.5 Å². The number of aromatic amines is 1. The first-order valence-electron chi connectivity index (χ1n) is 12.8. The van der Waals surface area contributed by atoms with Gasteiger partial charge in [-0.05, 0) is 66.6 Å². The third-order valence-corrected chi connectivity index (χ3v) is 6.92. The van der Waals surface area contributed by atoms with Gasteiger partial charge in [-0.25, -0.2) is 9.67 Å². The molecule has 0 amide bonds. The molecular formula is C31H28N6O3. The van der Waals surface area contributed by atoms with Gasteiger partial charge in [0, 0.05) is 18.3 Å². The van der Waals surface area contributed by atoms with Gasteiger partial charge in [-0.3, -0.25) is 4.79 Å². The molecular weight excluding hydrogens is 504 g/mol. The smallest absolute Gasteiger partial charge is 0.214 e. The number of methoxy groups -OCH3 is 2. The van der Waals surface area contributed by atoms with Crippen molar-refractivity contribution in [1.29, 1.82) is 0 Å². The van der Waals surface area contributed by atoms with Crippen LogP contribution in [0.4, 0.5) is 5.82 Å². The van der Waals surface area contributed by atoms with Crippen LogP contribution in [0.5, 0.6) is 11.5 Å². The number of H-pyrrole nitrogens is 1. The van der Waals surface area contributed by atoms with E-state index in [9.17, 15) is 4.79 Å². The third-order valence-electron chi connectivity index (χ3n) is 6.92. The first-order valence-corrected chi connectivity index (χ1v) is 12.8. The Morgan fingerprint density at radius 2 is 1.75 bits per heavy atom. The maximum atomic E-state index is 14.0. The Hall–Kier alpha value is -5.31. The molecule has 0 saturated heterocycles. The van der Waals surface area contributed by atoms with Gasteiger partial charge in [0.25, 0.3) is 0 Å². The minimum Gasteiger partial charge on any atom is -0.497 e. The monoisotopic (exact) mass is 532 g/mol. The van der Waals surface area contributed by atoms with Gasteiger partial charge >= 0.3 is 0 Å². The van der Waals surface area contributed by atoms with Crippen molar-refractivity contribution in [3.05, 3.63) is 108 Å². The number of carbonyl (C=O) groups excluding carboxylic acids is 1. The van der Waals surface area contributed by atoms with E-state index >= 15 is 0 Å². The van der Waals surface area contributed by atoms with Crippen LogP contribution >= 0.6 is 0 Å². The fraction of sp³-hybridized carbons (Fsp3) is 0.129. The summed E-state index contributed by atoms with van der Waals surface area (Å²) in [5, 5.41) is 4.46. The second kappa shape index (κ2) is 10.1. The highest BCUT2D eigenvalue weighted by Gasteiger charge is 2.23. The third kappa shape index (κ3) is 4.58. The number of hydrogen-bond donors (Lipinski definition) is 2. The average molecular weight is 533 g/mol. The molecule has 0 bridgehead atoms. The molecule has 0 aliphatic carbocycles. The van der Waals surface area contributed by atoms with Crippen molar-refractivity contribution < 1.29 is 14.3 Å². The van der Waals surface area contributed by atoms with Crippen LogP contribution in [0.25, 0.3) is 27.8 Å². The van der Waals surface area contributed by atoms with Crippen molar-refractivity contribution in [2.75, 3.05) is 20.0 Å². The molecule has 0 fully saturated rings. The summed E-state index contributed by atoms with van der Waals surface area (Å²) < 4.78 is 14.2. The van der Waals surface area contributed by atoms with E-state index in [0.29, 0.717) is 17.8 Å². The van der Waals surface area contributed by atoms with Gasteiger partial charge in [0.2, 0.25) is 5.78 Å². The minimum absolute atomic E-state index is 0.218. The normalized spacial score (nSPS) is 11.2. The number of nitrogens with two attached hydrogens (primary N) is 1. The number of ether oxygens (including phenoxy) is 2. The zero-order valence-electron chi connectivity index (χ0n) is 22.4. The SMILES string of the molecule is COc1ccc(Cn2cc(-c3cccc(OC)c3)cc2C(=O)c2cnn(-c3ccc4nc(C)[nH]c4c3)c2N)cc1. The lowest BCUT2D eigenvalue weighted by Crippen LogP contribution is -2.12. The van der Waals surface area contributed by atoms with Crippen molar-refractivity contribution >= 4 is 22.6 Å². The second-order valence-corrected chi connectivity index (χ2v) is 9.53. The molecule has 9 nitrogen and oxygen atoms in total. The van der Waals surface area contributed by atoms with Crippen LogP contribution < -0.4 is 15.2 Å². The van der Waals surface area contributed by atoms with Gasteiger partial charge in [0.1, 0.15) is 23.1 Å². The number of hydrogen-bond acceptors (Lipinski definition) is 6. The fourth-order valence-corrected chi connectivity index (χ4v) is 4.85. The number of nitrogens with zero attached hydrogens (tertiary/aromatic N) is 4. The number of aromatic nitrogens is 5. The molecule has 3 N–H and O–H groups in total. The van der Waals surface area contributed by atoms with E-state index in [-0.39, 0.29) is 11.6 Å². The molecule has 40 heavy (non-hydrogen) atoms. The average Bonchev–Trinajstić information content (AvgIpc) is 3.68. The molecule has 3 aromatic carbocycles. The van der Waals surface area contributed by atoms with Gasteiger partial charge in [0.15, 0.2) is 0 Å². The van der Waals surface area contributed by atoms with Crippen molar-refractivity contribution in [3.8, 4) is 28.3 Å². The highest BCUT2D eigenvalue weighted by molar-refractivity contribution is 6.11. The van der Waals surface area contributed by atoms with E-state index in [0.717, 1.165) is 50.7 Å². The van der Waals surface area contributed by atoms with Gasteiger partial charge in [-0.2, -0.15) is 5.10 Å². The topological polar surface area (TPSA) is 113 Å². The number of nitrogens with one attached hydrogen (secondary N) is 1. The lowest BCUT2D eigenvalue weighted by atomic mass is 10.1. The van der Waals surface area contributed by atoms with Gasteiger partial charge in [-0.15, -0.1) is 0 Å². The first kappa shape index (κ1) is 25.0. The summed E-state index contributed by atoms with van der Waals surface area (Å²) in [7, 11) is 3.27. The number of benzene rings is 3. The summed E-state index contributed by atoms with van der Waals surface area (Å²) in [6.45, 7) is 2.39. The Kier molecular flexibility index (Phi) is 6.31. The lowest BCUT2D eigenvalue weighted by Gasteiger charge is -2.10. The van der Waals surface area contributed by atoms with E-state index in [1.54, 1.807) is 18.9 Å². The lowest BCUT2D eigenvalue weighted by molar-refractivity contribution is 0.103. The number of fused-ring (bicyclic) bond motifs is 1. The molecule has 3 heterocycles. The van der Waals surface area contributed by atoms with Crippen molar-refractivity contribution in [2.24, 2.45) is 0 Å². The molecule has 6 rings (SSSR count). The van der Waals surface area contributed by atoms with Crippen LogP contribution in [0.2, 0.25) is 0 Å². The number of ketones is 1. The summed E-state index contributed by atoms with van der Waals surface area (Å²) in [6, 6.07) is 23.1. The van der Waals surface area contributed by atoms with Crippen molar-refractivity contribution in [2.45, 2.75) is 13.5 Å². The zero-order valence-corrected chi connectivity index (χ0v) is 22.4. The second-order valence-electron chi connectivity index (χ2n) is 9.53. The summed E-state index contributed by atoms with van der Waals surface area (Å²) in [4.78, 5) is 21.7. The quantitative estimate of drug-likeness (QED) is 0.254. The molecule has 3 aromatic heterocycles. The highest BCUT2D eigenvalue weighted by Crippen LogP contribution is 2.29. The predicted molar refractivity (Wildman–Crippen MR) is 154 cm³/mol. The summed E-state index contributed by atoms with van der Waals surface area (Å²) >= 11 is 0. The molecule has 0 aliphatic rings. The van der Waals surface area contributed by atoms with E-state index in [2.05, 4.69) is 15.1 Å². The maximum Gasteiger partial charge on any atom is 0.214 e. The Balaban J connectivity index is 1.40. The van der Waals surface area contributed by atoms with Crippen LogP contribution in [0.1, 0.15) is 27.4 Å². The molecule has 200 valence electrons. The van der Waals surface area contributed by atoms with Crippen LogP contribution in [-0.4, -0.2) is 44.3 Å².